The Hall–Kier alpha value is -2.08. The second-order valence-corrected chi connectivity index (χ2v) is 8.84. The normalized spacial score (nSPS) is 25.2. The third kappa shape index (κ3) is 14.4. The molecule has 0 bridgehead atoms. The molecule has 6 atom stereocenters. The van der Waals surface area contributed by atoms with Gasteiger partial charge in [-0.3, -0.25) is 9.59 Å². The zero-order chi connectivity index (χ0) is 27.5. The van der Waals surface area contributed by atoms with Crippen molar-refractivity contribution in [2.24, 2.45) is 0 Å². The van der Waals surface area contributed by atoms with E-state index in [1.54, 1.807) is 0 Å². The number of carbonyl (C=O) groups is 2. The van der Waals surface area contributed by atoms with E-state index >= 15 is 0 Å². The molecule has 10 nitrogen and oxygen atoms in total. The monoisotopic (exact) mass is 528 g/mol. The van der Waals surface area contributed by atoms with Crippen molar-refractivity contribution in [1.82, 2.24) is 0 Å². The molecular formula is C27H44O10. The highest BCUT2D eigenvalue weighted by atomic mass is 16.7. The molecule has 6 unspecified atom stereocenters. The van der Waals surface area contributed by atoms with Crippen LogP contribution in [0.5, 0.6) is 0 Å². The number of ether oxygens (including phenoxy) is 4. The van der Waals surface area contributed by atoms with Gasteiger partial charge in [0.15, 0.2) is 12.4 Å². The molecule has 1 saturated heterocycles. The highest BCUT2D eigenvalue weighted by Gasteiger charge is 2.44. The van der Waals surface area contributed by atoms with Gasteiger partial charge in [-0.25, -0.2) is 0 Å². The Labute approximate surface area is 219 Å². The molecule has 4 N–H and O–H groups in total. The van der Waals surface area contributed by atoms with Gasteiger partial charge >= 0.3 is 11.9 Å². The number of aliphatic hydroxyl groups is 4. The minimum absolute atomic E-state index is 0.189. The summed E-state index contributed by atoms with van der Waals surface area (Å²) in [6.45, 7) is 2.18. The van der Waals surface area contributed by atoms with Gasteiger partial charge in [0.05, 0.1) is 13.2 Å². The third-order valence-electron chi connectivity index (χ3n) is 5.60. The summed E-state index contributed by atoms with van der Waals surface area (Å²) in [5.74, 6) is -1.04. The quantitative estimate of drug-likeness (QED) is 0.118. The lowest BCUT2D eigenvalue weighted by Gasteiger charge is -2.39. The first-order valence-corrected chi connectivity index (χ1v) is 13.0. The number of carbonyl (C=O) groups excluding carboxylic acids is 2. The average molecular weight is 529 g/mol. The van der Waals surface area contributed by atoms with E-state index in [1.807, 2.05) is 0 Å². The lowest BCUT2D eigenvalue weighted by Crippen LogP contribution is -2.59. The van der Waals surface area contributed by atoms with E-state index < -0.39 is 55.4 Å². The predicted molar refractivity (Wildman–Crippen MR) is 136 cm³/mol. The van der Waals surface area contributed by atoms with Crippen LogP contribution in [0.2, 0.25) is 0 Å². The van der Waals surface area contributed by atoms with Gasteiger partial charge in [-0.2, -0.15) is 0 Å². The third-order valence-corrected chi connectivity index (χ3v) is 5.60. The topological polar surface area (TPSA) is 152 Å². The van der Waals surface area contributed by atoms with Crippen molar-refractivity contribution >= 4 is 11.9 Å². The van der Waals surface area contributed by atoms with Gasteiger partial charge in [0.1, 0.15) is 31.0 Å². The van der Waals surface area contributed by atoms with Gasteiger partial charge in [0.2, 0.25) is 0 Å². The standard InChI is InChI=1S/C27H44O10/c1-3-4-5-6-7-8-9-10-11-12-13-14-15-16-23(30)36-21(18-34-20(2)29)19-35-27-26(33)25(32)24(31)22(17-28)37-27/h4-5,7-8,10-11,21-22,24-28,31-33H,3,6,9,12-19H2,1-2H3/b5-4-,8-7-,11-10-. The molecule has 1 heterocycles. The zero-order valence-electron chi connectivity index (χ0n) is 21.9. The maximum atomic E-state index is 12.3. The molecule has 0 radical (unpaired) electrons. The minimum atomic E-state index is -1.59. The molecule has 0 aromatic rings. The van der Waals surface area contributed by atoms with Crippen LogP contribution in [0.4, 0.5) is 0 Å². The van der Waals surface area contributed by atoms with E-state index in [2.05, 4.69) is 43.4 Å². The number of aliphatic hydroxyl groups excluding tert-OH is 4. The lowest BCUT2D eigenvalue weighted by molar-refractivity contribution is -0.305. The number of hydrogen-bond acceptors (Lipinski definition) is 10. The number of allylic oxidation sites excluding steroid dienone is 6. The van der Waals surface area contributed by atoms with E-state index in [9.17, 15) is 30.0 Å². The van der Waals surface area contributed by atoms with Gasteiger partial charge in [-0.05, 0) is 38.5 Å². The Morgan fingerprint density at radius 2 is 1.57 bits per heavy atom. The minimum Gasteiger partial charge on any atom is -0.462 e. The van der Waals surface area contributed by atoms with Crippen LogP contribution in [0, 0.1) is 0 Å². The van der Waals surface area contributed by atoms with Gasteiger partial charge in [-0.1, -0.05) is 49.8 Å². The first-order valence-electron chi connectivity index (χ1n) is 13.0. The molecular weight excluding hydrogens is 484 g/mol. The molecule has 10 heteroatoms. The Balaban J connectivity index is 2.34. The Kier molecular flexibility index (Phi) is 17.8. The Morgan fingerprint density at radius 1 is 0.892 bits per heavy atom. The van der Waals surface area contributed by atoms with E-state index in [0.717, 1.165) is 38.5 Å². The molecule has 1 aliphatic heterocycles. The van der Waals surface area contributed by atoms with Crippen LogP contribution in [0.3, 0.4) is 0 Å². The molecule has 1 fully saturated rings. The predicted octanol–water partition coefficient (Wildman–Crippen LogP) is 2.09. The average Bonchev–Trinajstić information content (AvgIpc) is 2.87. The first-order chi connectivity index (χ1) is 17.8. The van der Waals surface area contributed by atoms with Crippen LogP contribution in [0.15, 0.2) is 36.5 Å². The van der Waals surface area contributed by atoms with Crippen LogP contribution in [0.25, 0.3) is 0 Å². The van der Waals surface area contributed by atoms with Crippen LogP contribution < -0.4 is 0 Å². The summed E-state index contributed by atoms with van der Waals surface area (Å²) in [5.41, 5.74) is 0. The molecule has 0 saturated carbocycles. The van der Waals surface area contributed by atoms with E-state index in [0.29, 0.717) is 6.42 Å². The fourth-order valence-corrected chi connectivity index (χ4v) is 3.51. The molecule has 0 spiro atoms. The number of esters is 2. The van der Waals surface area contributed by atoms with Crippen LogP contribution in [-0.4, -0.2) is 89.0 Å². The van der Waals surface area contributed by atoms with Crippen molar-refractivity contribution in [3.05, 3.63) is 36.5 Å². The highest BCUT2D eigenvalue weighted by Crippen LogP contribution is 2.22. The fourth-order valence-electron chi connectivity index (χ4n) is 3.51. The van der Waals surface area contributed by atoms with Crippen LogP contribution in [0.1, 0.15) is 65.2 Å². The van der Waals surface area contributed by atoms with Gasteiger partial charge < -0.3 is 39.4 Å². The second-order valence-electron chi connectivity index (χ2n) is 8.84. The van der Waals surface area contributed by atoms with Crippen LogP contribution >= 0.6 is 0 Å². The summed E-state index contributed by atoms with van der Waals surface area (Å²) in [5, 5.41) is 39.1. The van der Waals surface area contributed by atoms with Gasteiger partial charge in [0.25, 0.3) is 0 Å². The maximum Gasteiger partial charge on any atom is 0.306 e. The molecule has 1 rings (SSSR count). The number of rotatable bonds is 18. The number of unbranched alkanes of at least 4 members (excludes halogenated alkanes) is 3. The maximum absolute atomic E-state index is 12.3. The molecule has 1 aliphatic rings. The second kappa shape index (κ2) is 20.0. The molecule has 0 amide bonds. The lowest BCUT2D eigenvalue weighted by atomic mass is 9.99. The molecule has 37 heavy (non-hydrogen) atoms. The SMILES string of the molecule is CC/C=C\C/C=C\C/C=C\CCCCCC(=O)OC(COC(C)=O)COC1OC(CO)C(O)C(O)C1O. The molecule has 212 valence electrons. The summed E-state index contributed by atoms with van der Waals surface area (Å²) in [7, 11) is 0. The Bertz CT molecular complexity index is 718. The summed E-state index contributed by atoms with van der Waals surface area (Å²) in [4.78, 5) is 23.5. The van der Waals surface area contributed by atoms with E-state index in [4.69, 9.17) is 18.9 Å². The van der Waals surface area contributed by atoms with E-state index in [1.165, 1.54) is 6.92 Å². The van der Waals surface area contributed by atoms with Crippen molar-refractivity contribution in [2.75, 3.05) is 19.8 Å². The van der Waals surface area contributed by atoms with Crippen molar-refractivity contribution in [3.63, 3.8) is 0 Å². The van der Waals surface area contributed by atoms with Crippen molar-refractivity contribution in [2.45, 2.75) is 102 Å². The number of hydrogen-bond donors (Lipinski definition) is 4. The first kappa shape index (κ1) is 32.9. The van der Waals surface area contributed by atoms with Crippen molar-refractivity contribution in [3.8, 4) is 0 Å². The molecule has 0 aromatic heterocycles. The van der Waals surface area contributed by atoms with Gasteiger partial charge in [-0.15, -0.1) is 0 Å². The summed E-state index contributed by atoms with van der Waals surface area (Å²) in [6.07, 6.45) is 11.2. The summed E-state index contributed by atoms with van der Waals surface area (Å²) < 4.78 is 21.0. The molecule has 0 aromatic carbocycles. The Morgan fingerprint density at radius 3 is 2.22 bits per heavy atom. The zero-order valence-corrected chi connectivity index (χ0v) is 21.9. The summed E-state index contributed by atoms with van der Waals surface area (Å²) in [6, 6.07) is 0. The van der Waals surface area contributed by atoms with E-state index in [-0.39, 0.29) is 19.6 Å². The largest absolute Gasteiger partial charge is 0.462 e. The van der Waals surface area contributed by atoms with Crippen molar-refractivity contribution < 1.29 is 49.0 Å². The highest BCUT2D eigenvalue weighted by molar-refractivity contribution is 5.69. The fraction of sp³-hybridized carbons (Fsp3) is 0.704. The summed E-state index contributed by atoms with van der Waals surface area (Å²) >= 11 is 0. The van der Waals surface area contributed by atoms with Crippen molar-refractivity contribution in [1.29, 1.82) is 0 Å². The molecule has 0 aliphatic carbocycles. The van der Waals surface area contributed by atoms with Crippen LogP contribution in [-0.2, 0) is 28.5 Å². The smallest absolute Gasteiger partial charge is 0.306 e. The van der Waals surface area contributed by atoms with Gasteiger partial charge in [0, 0.05) is 13.3 Å².